The zero-order valence-electron chi connectivity index (χ0n) is 11.0. The summed E-state index contributed by atoms with van der Waals surface area (Å²) in [7, 11) is 0. The molecule has 0 radical (unpaired) electrons. The average Bonchev–Trinajstić information content (AvgIpc) is 3.16. The van der Waals surface area contributed by atoms with E-state index < -0.39 is 11.4 Å². The van der Waals surface area contributed by atoms with Gasteiger partial charge in [-0.15, -0.1) is 0 Å². The van der Waals surface area contributed by atoms with Crippen LogP contribution in [-0.2, 0) is 14.9 Å². The molecule has 1 saturated heterocycles. The Kier molecular flexibility index (Phi) is 2.78. The molecule has 0 atom stereocenters. The van der Waals surface area contributed by atoms with Gasteiger partial charge < -0.3 is 14.6 Å². The van der Waals surface area contributed by atoms with Crippen molar-refractivity contribution in [3.8, 4) is 5.75 Å². The molecule has 1 N–H and O–H groups in total. The van der Waals surface area contributed by atoms with Crippen molar-refractivity contribution in [3.05, 3.63) is 29.8 Å². The normalized spacial score (nSPS) is 22.4. The first-order chi connectivity index (χ1) is 9.04. The minimum Gasteiger partial charge on any atom is -0.493 e. The predicted molar refractivity (Wildman–Crippen MR) is 69.4 cm³/mol. The summed E-state index contributed by atoms with van der Waals surface area (Å²) in [6.45, 7) is 4.19. The quantitative estimate of drug-likeness (QED) is 0.884. The van der Waals surface area contributed by atoms with Crippen molar-refractivity contribution in [3.63, 3.8) is 0 Å². The van der Waals surface area contributed by atoms with Gasteiger partial charge in [-0.3, -0.25) is 4.79 Å². The van der Waals surface area contributed by atoms with Crippen LogP contribution in [0.3, 0.4) is 0 Å². The molecule has 4 heteroatoms. The predicted octanol–water partition coefficient (Wildman–Crippen LogP) is 2.22. The molecule has 0 aromatic heterocycles. The van der Waals surface area contributed by atoms with Gasteiger partial charge >= 0.3 is 5.97 Å². The molecule has 0 unspecified atom stereocenters. The van der Waals surface area contributed by atoms with Gasteiger partial charge in [-0.25, -0.2) is 0 Å². The van der Waals surface area contributed by atoms with Crippen LogP contribution < -0.4 is 4.74 Å². The second-order valence-electron chi connectivity index (χ2n) is 6.01. The first-order valence-corrected chi connectivity index (χ1v) is 6.59. The molecule has 4 nitrogen and oxygen atoms in total. The summed E-state index contributed by atoms with van der Waals surface area (Å²) in [6.07, 6.45) is 1.44. The minimum absolute atomic E-state index is 0.0973. The Morgan fingerprint density at radius 2 is 2.16 bits per heavy atom. The highest BCUT2D eigenvalue weighted by molar-refractivity contribution is 5.85. The fourth-order valence-corrected chi connectivity index (χ4v) is 2.43. The van der Waals surface area contributed by atoms with Crippen LogP contribution in [0.4, 0.5) is 0 Å². The molecule has 19 heavy (non-hydrogen) atoms. The summed E-state index contributed by atoms with van der Waals surface area (Å²) in [5, 5.41) is 9.30. The number of hydrogen-bond acceptors (Lipinski definition) is 3. The van der Waals surface area contributed by atoms with Crippen LogP contribution in [0.15, 0.2) is 24.3 Å². The number of benzene rings is 1. The van der Waals surface area contributed by atoms with Gasteiger partial charge in [0.25, 0.3) is 0 Å². The van der Waals surface area contributed by atoms with Crippen LogP contribution in [0, 0.1) is 5.41 Å². The Hall–Kier alpha value is -1.55. The summed E-state index contributed by atoms with van der Waals surface area (Å²) in [4.78, 5) is 11.3. The fourth-order valence-electron chi connectivity index (χ4n) is 2.43. The number of rotatable bonds is 5. The molecule has 0 amide bonds. The maximum atomic E-state index is 11.3. The zero-order valence-corrected chi connectivity index (χ0v) is 11.0. The van der Waals surface area contributed by atoms with E-state index in [2.05, 4.69) is 6.92 Å². The van der Waals surface area contributed by atoms with Crippen LogP contribution in [0.5, 0.6) is 5.75 Å². The molecule has 0 spiro atoms. The lowest BCUT2D eigenvalue weighted by Gasteiger charge is -2.37. The van der Waals surface area contributed by atoms with Crippen molar-refractivity contribution in [1.29, 1.82) is 0 Å². The lowest BCUT2D eigenvalue weighted by Crippen LogP contribution is -2.44. The van der Waals surface area contributed by atoms with Gasteiger partial charge in [-0.05, 0) is 30.5 Å². The molecule has 1 saturated carbocycles. The van der Waals surface area contributed by atoms with Crippen LogP contribution in [0.1, 0.15) is 25.3 Å². The van der Waals surface area contributed by atoms with Gasteiger partial charge in [0.15, 0.2) is 0 Å². The van der Waals surface area contributed by atoms with E-state index in [0.29, 0.717) is 6.61 Å². The highest BCUT2D eigenvalue weighted by Crippen LogP contribution is 2.49. The molecule has 3 rings (SSSR count). The fraction of sp³-hybridized carbons (Fsp3) is 0.533. The number of carboxylic acids is 1. The first kappa shape index (κ1) is 12.5. The van der Waals surface area contributed by atoms with Crippen molar-refractivity contribution in [1.82, 2.24) is 0 Å². The average molecular weight is 262 g/mol. The van der Waals surface area contributed by atoms with Crippen molar-refractivity contribution < 1.29 is 19.4 Å². The molecule has 1 aliphatic carbocycles. The molecule has 2 aliphatic rings. The molecule has 1 aliphatic heterocycles. The summed E-state index contributed by atoms with van der Waals surface area (Å²) in [5.74, 6) is 0.0159. The van der Waals surface area contributed by atoms with Gasteiger partial charge in [0.05, 0.1) is 25.2 Å². The van der Waals surface area contributed by atoms with E-state index in [9.17, 15) is 9.90 Å². The van der Waals surface area contributed by atoms with Crippen molar-refractivity contribution in [2.75, 3.05) is 19.8 Å². The van der Waals surface area contributed by atoms with E-state index in [4.69, 9.17) is 9.47 Å². The van der Waals surface area contributed by atoms with Crippen LogP contribution in [0.25, 0.3) is 0 Å². The smallest absolute Gasteiger partial charge is 0.314 e. The summed E-state index contributed by atoms with van der Waals surface area (Å²) >= 11 is 0. The van der Waals surface area contributed by atoms with Crippen LogP contribution >= 0.6 is 0 Å². The number of ether oxygens (including phenoxy) is 2. The van der Waals surface area contributed by atoms with E-state index in [1.807, 2.05) is 24.3 Å². The number of aliphatic carboxylic acids is 1. The standard InChI is InChI=1S/C15H18O4/c1-14(8-18-9-14)10-19-12-4-2-3-11(7-12)15(5-6-15)13(16)17/h2-4,7H,5-6,8-10H2,1H3,(H,16,17). The van der Waals surface area contributed by atoms with Gasteiger partial charge in [0.1, 0.15) is 5.75 Å². The lowest BCUT2D eigenvalue weighted by molar-refractivity contribution is -0.140. The Morgan fingerprint density at radius 3 is 2.68 bits per heavy atom. The molecule has 102 valence electrons. The van der Waals surface area contributed by atoms with Gasteiger partial charge in [0.2, 0.25) is 0 Å². The monoisotopic (exact) mass is 262 g/mol. The third kappa shape index (κ3) is 2.21. The number of hydrogen-bond donors (Lipinski definition) is 1. The van der Waals surface area contributed by atoms with Gasteiger partial charge in [-0.2, -0.15) is 0 Å². The molecular weight excluding hydrogens is 244 g/mol. The van der Waals surface area contributed by atoms with E-state index in [1.165, 1.54) is 0 Å². The summed E-state index contributed by atoms with van der Waals surface area (Å²) in [6, 6.07) is 7.49. The summed E-state index contributed by atoms with van der Waals surface area (Å²) < 4.78 is 11.0. The molecule has 2 fully saturated rings. The van der Waals surface area contributed by atoms with Crippen molar-refractivity contribution in [2.45, 2.75) is 25.2 Å². The van der Waals surface area contributed by atoms with E-state index in [1.54, 1.807) is 0 Å². The Bertz CT molecular complexity index is 501. The van der Waals surface area contributed by atoms with Gasteiger partial charge in [0, 0.05) is 5.41 Å². The zero-order chi connectivity index (χ0) is 13.5. The first-order valence-electron chi connectivity index (χ1n) is 6.59. The largest absolute Gasteiger partial charge is 0.493 e. The molecular formula is C15H18O4. The third-order valence-electron chi connectivity index (χ3n) is 4.03. The van der Waals surface area contributed by atoms with Crippen LogP contribution in [0.2, 0.25) is 0 Å². The molecule has 1 heterocycles. The second-order valence-corrected chi connectivity index (χ2v) is 6.01. The maximum absolute atomic E-state index is 11.3. The Balaban J connectivity index is 1.72. The second kappa shape index (κ2) is 4.23. The number of carbonyl (C=O) groups is 1. The molecule has 1 aromatic rings. The Morgan fingerprint density at radius 1 is 1.42 bits per heavy atom. The van der Waals surface area contributed by atoms with E-state index in [0.717, 1.165) is 37.4 Å². The summed E-state index contributed by atoms with van der Waals surface area (Å²) in [5.41, 5.74) is 0.288. The van der Waals surface area contributed by atoms with Crippen molar-refractivity contribution >= 4 is 5.97 Å². The minimum atomic E-state index is -0.732. The van der Waals surface area contributed by atoms with E-state index >= 15 is 0 Å². The van der Waals surface area contributed by atoms with Crippen molar-refractivity contribution in [2.24, 2.45) is 5.41 Å². The number of carboxylic acid groups (broad SMARTS) is 1. The third-order valence-corrected chi connectivity index (χ3v) is 4.03. The SMILES string of the molecule is CC1(COc2cccc(C3(C(=O)O)CC3)c2)COC1. The maximum Gasteiger partial charge on any atom is 0.314 e. The highest BCUT2D eigenvalue weighted by Gasteiger charge is 2.51. The highest BCUT2D eigenvalue weighted by atomic mass is 16.5. The Labute approximate surface area is 112 Å². The van der Waals surface area contributed by atoms with E-state index in [-0.39, 0.29) is 5.41 Å². The molecule has 0 bridgehead atoms. The lowest BCUT2D eigenvalue weighted by atomic mass is 9.90. The molecule has 1 aromatic carbocycles. The topological polar surface area (TPSA) is 55.8 Å². The van der Waals surface area contributed by atoms with Gasteiger partial charge in [-0.1, -0.05) is 19.1 Å². The van der Waals surface area contributed by atoms with Crippen LogP contribution in [-0.4, -0.2) is 30.9 Å².